The van der Waals surface area contributed by atoms with Crippen molar-refractivity contribution in [2.75, 3.05) is 0 Å². The van der Waals surface area contributed by atoms with Crippen LogP contribution in [0.5, 0.6) is 5.75 Å². The Bertz CT molecular complexity index is 309. The van der Waals surface area contributed by atoms with Crippen molar-refractivity contribution in [3.8, 4) is 5.75 Å². The minimum atomic E-state index is 0.401. The van der Waals surface area contributed by atoms with Crippen molar-refractivity contribution in [2.24, 2.45) is 0 Å². The van der Waals surface area contributed by atoms with E-state index in [-0.39, 0.29) is 0 Å². The lowest BCUT2D eigenvalue weighted by Gasteiger charge is -2.03. The Balaban J connectivity index is 3.13. The van der Waals surface area contributed by atoms with Crippen LogP contribution in [0, 0.1) is 0 Å². The largest absolute Gasteiger partial charge is 0.464 e. The average Bonchev–Trinajstić information content (AvgIpc) is 2.01. The average molecular weight is 223 g/mol. The van der Waals surface area contributed by atoms with Crippen LogP contribution in [-0.2, 0) is 0 Å². The Morgan fingerprint density at radius 3 is 2.25 bits per heavy atom. The van der Waals surface area contributed by atoms with Gasteiger partial charge in [-0.1, -0.05) is 41.4 Å². The Morgan fingerprint density at radius 1 is 1.08 bits per heavy atom. The van der Waals surface area contributed by atoms with Gasteiger partial charge in [0.05, 0.1) is 21.3 Å². The van der Waals surface area contributed by atoms with E-state index < -0.39 is 0 Å². The van der Waals surface area contributed by atoms with Crippen molar-refractivity contribution in [3.05, 3.63) is 40.0 Å². The minimum Gasteiger partial charge on any atom is -0.464 e. The Hall–Kier alpha value is -0.370. The summed E-state index contributed by atoms with van der Waals surface area (Å²) >= 11 is 17.2. The molecular formula is C8H5Cl3O. The molecule has 0 fully saturated rings. The Morgan fingerprint density at radius 2 is 1.67 bits per heavy atom. The molecule has 0 aromatic heterocycles. The van der Waals surface area contributed by atoms with Gasteiger partial charge in [-0.25, -0.2) is 0 Å². The maximum absolute atomic E-state index is 5.76. The molecule has 0 aliphatic carbocycles. The fraction of sp³-hybridized carbons (Fsp3) is 0. The second kappa shape index (κ2) is 4.04. The van der Waals surface area contributed by atoms with Crippen molar-refractivity contribution in [1.29, 1.82) is 0 Å². The zero-order chi connectivity index (χ0) is 9.14. The highest BCUT2D eigenvalue weighted by Crippen LogP contribution is 2.33. The molecule has 0 unspecified atom stereocenters. The van der Waals surface area contributed by atoms with Crippen molar-refractivity contribution >= 4 is 34.8 Å². The monoisotopic (exact) mass is 222 g/mol. The molecule has 1 nitrogen and oxygen atoms in total. The molecule has 0 radical (unpaired) electrons. The quantitative estimate of drug-likeness (QED) is 0.540. The predicted octanol–water partition coefficient (Wildman–Crippen LogP) is 4.17. The highest BCUT2D eigenvalue weighted by atomic mass is 35.5. The third-order valence-corrected chi connectivity index (χ3v) is 2.20. The maximum Gasteiger partial charge on any atom is 0.146 e. The van der Waals surface area contributed by atoms with E-state index in [9.17, 15) is 0 Å². The highest BCUT2D eigenvalue weighted by Gasteiger charge is 2.05. The molecule has 0 spiro atoms. The first-order valence-electron chi connectivity index (χ1n) is 3.07. The number of halogens is 3. The Labute approximate surface area is 85.5 Å². The first kappa shape index (κ1) is 9.72. The molecule has 0 atom stereocenters. The molecular weight excluding hydrogens is 218 g/mol. The third kappa shape index (κ3) is 2.07. The van der Waals surface area contributed by atoms with Crippen LogP contribution in [0.1, 0.15) is 0 Å². The van der Waals surface area contributed by atoms with Gasteiger partial charge < -0.3 is 4.74 Å². The normalized spacial score (nSPS) is 9.58. The molecule has 0 amide bonds. The molecule has 1 aromatic carbocycles. The topological polar surface area (TPSA) is 9.23 Å². The number of ether oxygens (including phenoxy) is 1. The number of hydrogen-bond donors (Lipinski definition) is 0. The van der Waals surface area contributed by atoms with Crippen LogP contribution >= 0.6 is 34.8 Å². The minimum absolute atomic E-state index is 0.401. The lowest BCUT2D eigenvalue weighted by atomic mass is 10.3. The van der Waals surface area contributed by atoms with Crippen molar-refractivity contribution in [3.63, 3.8) is 0 Å². The van der Waals surface area contributed by atoms with Crippen molar-refractivity contribution in [1.82, 2.24) is 0 Å². The highest BCUT2D eigenvalue weighted by molar-refractivity contribution is 6.43. The molecule has 0 N–H and O–H groups in total. The van der Waals surface area contributed by atoms with Gasteiger partial charge in [-0.15, -0.1) is 0 Å². The number of rotatable bonds is 2. The summed E-state index contributed by atoms with van der Waals surface area (Å²) in [5, 5.41) is 1.21. The SMILES string of the molecule is C=COc1cc(Cl)c(Cl)cc1Cl. The van der Waals surface area contributed by atoms with Gasteiger partial charge in [-0.2, -0.15) is 0 Å². The fourth-order valence-electron chi connectivity index (χ4n) is 0.684. The smallest absolute Gasteiger partial charge is 0.146 e. The van der Waals surface area contributed by atoms with Crippen LogP contribution in [0.4, 0.5) is 0 Å². The lowest BCUT2D eigenvalue weighted by molar-refractivity contribution is 0.484. The van der Waals surface area contributed by atoms with Crippen molar-refractivity contribution < 1.29 is 4.74 Å². The van der Waals surface area contributed by atoms with E-state index in [2.05, 4.69) is 6.58 Å². The zero-order valence-corrected chi connectivity index (χ0v) is 8.25. The predicted molar refractivity (Wildman–Crippen MR) is 52.3 cm³/mol. The molecule has 0 bridgehead atoms. The molecule has 0 aliphatic rings. The van der Waals surface area contributed by atoms with Crippen molar-refractivity contribution in [2.45, 2.75) is 0 Å². The summed E-state index contributed by atoms with van der Waals surface area (Å²) < 4.78 is 4.96. The van der Waals surface area contributed by atoms with Crippen LogP contribution in [0.25, 0.3) is 0 Å². The lowest BCUT2D eigenvalue weighted by Crippen LogP contribution is -1.82. The summed E-state index contributed by atoms with van der Waals surface area (Å²) in [4.78, 5) is 0. The molecule has 4 heteroatoms. The van der Waals surface area contributed by atoms with Gasteiger partial charge in [0, 0.05) is 6.07 Å². The summed E-state index contributed by atoms with van der Waals surface area (Å²) in [7, 11) is 0. The standard InChI is InChI=1S/C8H5Cl3O/c1-2-12-8-4-6(10)5(9)3-7(8)11/h2-4H,1H2. The van der Waals surface area contributed by atoms with Gasteiger partial charge in [0.1, 0.15) is 5.75 Å². The molecule has 64 valence electrons. The molecule has 1 aromatic rings. The summed E-state index contributed by atoms with van der Waals surface area (Å²) in [6.45, 7) is 3.39. The van der Waals surface area contributed by atoms with Gasteiger partial charge in [-0.05, 0) is 6.07 Å². The third-order valence-electron chi connectivity index (χ3n) is 1.19. The van der Waals surface area contributed by atoms with Crippen LogP contribution in [0.2, 0.25) is 15.1 Å². The summed E-state index contributed by atoms with van der Waals surface area (Å²) in [5.74, 6) is 0.445. The second-order valence-electron chi connectivity index (χ2n) is 1.98. The van der Waals surface area contributed by atoms with Gasteiger partial charge >= 0.3 is 0 Å². The number of hydrogen-bond acceptors (Lipinski definition) is 1. The first-order valence-corrected chi connectivity index (χ1v) is 4.20. The molecule has 1 rings (SSSR count). The molecule has 0 heterocycles. The van der Waals surface area contributed by atoms with E-state index in [4.69, 9.17) is 39.5 Å². The maximum atomic E-state index is 5.76. The fourth-order valence-corrected chi connectivity index (χ4v) is 1.27. The number of benzene rings is 1. The van der Waals surface area contributed by atoms with E-state index in [1.165, 1.54) is 18.4 Å². The van der Waals surface area contributed by atoms with Gasteiger partial charge in [-0.3, -0.25) is 0 Å². The zero-order valence-electron chi connectivity index (χ0n) is 5.98. The van der Waals surface area contributed by atoms with E-state index >= 15 is 0 Å². The van der Waals surface area contributed by atoms with Crippen LogP contribution < -0.4 is 4.74 Å². The van der Waals surface area contributed by atoms with E-state index in [1.54, 1.807) is 0 Å². The van der Waals surface area contributed by atoms with Gasteiger partial charge in [0.25, 0.3) is 0 Å². The molecule has 0 saturated heterocycles. The summed E-state index contributed by atoms with van der Waals surface area (Å²) in [6.07, 6.45) is 1.27. The molecule has 0 saturated carbocycles. The first-order chi connectivity index (χ1) is 5.65. The Kier molecular flexibility index (Phi) is 3.27. The molecule has 12 heavy (non-hydrogen) atoms. The molecule has 0 aliphatic heterocycles. The van der Waals surface area contributed by atoms with Gasteiger partial charge in [0.2, 0.25) is 0 Å². The summed E-state index contributed by atoms with van der Waals surface area (Å²) in [6, 6.07) is 3.05. The van der Waals surface area contributed by atoms with Crippen LogP contribution in [0.15, 0.2) is 25.0 Å². The second-order valence-corrected chi connectivity index (χ2v) is 3.20. The van der Waals surface area contributed by atoms with Gasteiger partial charge in [0.15, 0.2) is 0 Å². The van der Waals surface area contributed by atoms with Crippen LogP contribution in [-0.4, -0.2) is 0 Å². The van der Waals surface area contributed by atoms with E-state index in [0.29, 0.717) is 20.8 Å². The summed E-state index contributed by atoms with van der Waals surface area (Å²) in [5.41, 5.74) is 0. The van der Waals surface area contributed by atoms with E-state index in [0.717, 1.165) is 0 Å². The van der Waals surface area contributed by atoms with Crippen LogP contribution in [0.3, 0.4) is 0 Å². The van der Waals surface area contributed by atoms with E-state index in [1.807, 2.05) is 0 Å².